The maximum atomic E-state index is 12.3. The molecule has 5 nitrogen and oxygen atoms in total. The lowest BCUT2D eigenvalue weighted by molar-refractivity contribution is -0.142. The van der Waals surface area contributed by atoms with Crippen LogP contribution in [-0.2, 0) is 9.59 Å². The number of carbonyl (C=O) groups is 2. The normalized spacial score (nSPS) is 17.8. The van der Waals surface area contributed by atoms with Gasteiger partial charge in [0.15, 0.2) is 0 Å². The first-order valence-corrected chi connectivity index (χ1v) is 6.28. The monoisotopic (exact) mass is 241 g/mol. The Morgan fingerprint density at radius 3 is 2.41 bits per heavy atom. The number of carbonyl (C=O) groups excluding carboxylic acids is 2. The van der Waals surface area contributed by atoms with Crippen LogP contribution >= 0.6 is 0 Å². The molecule has 0 aromatic heterocycles. The van der Waals surface area contributed by atoms with Crippen molar-refractivity contribution in [3.8, 4) is 0 Å². The highest BCUT2D eigenvalue weighted by molar-refractivity contribution is 5.88. The molecule has 5 heteroatoms. The van der Waals surface area contributed by atoms with E-state index in [1.54, 1.807) is 7.05 Å². The first kappa shape index (κ1) is 14.0. The zero-order valence-corrected chi connectivity index (χ0v) is 10.8. The van der Waals surface area contributed by atoms with E-state index >= 15 is 0 Å². The second-order valence-electron chi connectivity index (χ2n) is 4.81. The van der Waals surface area contributed by atoms with Gasteiger partial charge < -0.3 is 16.0 Å². The smallest absolute Gasteiger partial charge is 0.239 e. The number of rotatable bonds is 5. The molecule has 0 heterocycles. The minimum atomic E-state index is -0.415. The van der Waals surface area contributed by atoms with Gasteiger partial charge >= 0.3 is 0 Å². The van der Waals surface area contributed by atoms with Crippen LogP contribution in [0.15, 0.2) is 0 Å². The molecular weight excluding hydrogens is 218 g/mol. The van der Waals surface area contributed by atoms with Crippen LogP contribution in [0.4, 0.5) is 0 Å². The van der Waals surface area contributed by atoms with Crippen molar-refractivity contribution in [2.75, 3.05) is 26.7 Å². The highest BCUT2D eigenvalue weighted by Gasteiger charge is 2.41. The second kappa shape index (κ2) is 6.00. The third-order valence-corrected chi connectivity index (χ3v) is 3.51. The average Bonchev–Trinajstić information content (AvgIpc) is 2.78. The third-order valence-electron chi connectivity index (χ3n) is 3.51. The highest BCUT2D eigenvalue weighted by Crippen LogP contribution is 2.38. The van der Waals surface area contributed by atoms with Crippen LogP contribution in [0.2, 0.25) is 0 Å². The maximum absolute atomic E-state index is 12.3. The number of nitrogens with two attached hydrogens (primary N) is 1. The van der Waals surface area contributed by atoms with Crippen molar-refractivity contribution in [1.29, 1.82) is 0 Å². The van der Waals surface area contributed by atoms with Crippen LogP contribution in [0.3, 0.4) is 0 Å². The van der Waals surface area contributed by atoms with Crippen molar-refractivity contribution in [2.45, 2.75) is 32.6 Å². The number of hydrogen-bond acceptors (Lipinski definition) is 3. The van der Waals surface area contributed by atoms with E-state index in [0.29, 0.717) is 13.1 Å². The first-order valence-electron chi connectivity index (χ1n) is 6.28. The van der Waals surface area contributed by atoms with Gasteiger partial charge in [-0.1, -0.05) is 12.8 Å². The van der Waals surface area contributed by atoms with E-state index in [4.69, 9.17) is 5.73 Å². The molecule has 98 valence electrons. The van der Waals surface area contributed by atoms with Crippen LogP contribution in [0.25, 0.3) is 0 Å². The van der Waals surface area contributed by atoms with Crippen molar-refractivity contribution in [1.82, 2.24) is 10.2 Å². The van der Waals surface area contributed by atoms with E-state index in [9.17, 15) is 9.59 Å². The molecule has 1 fully saturated rings. The Balaban J connectivity index is 2.59. The minimum Gasteiger partial charge on any atom is -0.355 e. The molecule has 17 heavy (non-hydrogen) atoms. The molecule has 0 aliphatic heterocycles. The Labute approximate surface area is 103 Å². The van der Waals surface area contributed by atoms with Gasteiger partial charge in [-0.05, 0) is 19.8 Å². The molecule has 1 aliphatic rings. The maximum Gasteiger partial charge on any atom is 0.239 e. The van der Waals surface area contributed by atoms with Gasteiger partial charge in [0, 0.05) is 20.1 Å². The van der Waals surface area contributed by atoms with Gasteiger partial charge in [0.2, 0.25) is 11.8 Å². The average molecular weight is 241 g/mol. The predicted octanol–water partition coefficient (Wildman–Crippen LogP) is 0.100. The molecule has 1 rings (SSSR count). The molecule has 2 amide bonds. The zero-order valence-electron chi connectivity index (χ0n) is 10.8. The second-order valence-corrected chi connectivity index (χ2v) is 4.81. The number of nitrogens with one attached hydrogen (secondary N) is 1. The van der Waals surface area contributed by atoms with Crippen LogP contribution in [-0.4, -0.2) is 43.4 Å². The van der Waals surface area contributed by atoms with Gasteiger partial charge in [0.25, 0.3) is 0 Å². The fourth-order valence-electron chi connectivity index (χ4n) is 2.50. The van der Waals surface area contributed by atoms with E-state index in [2.05, 4.69) is 5.32 Å². The van der Waals surface area contributed by atoms with Gasteiger partial charge in [-0.15, -0.1) is 0 Å². The van der Waals surface area contributed by atoms with Gasteiger partial charge in [-0.25, -0.2) is 0 Å². The fourth-order valence-corrected chi connectivity index (χ4v) is 2.50. The molecule has 0 radical (unpaired) electrons. The van der Waals surface area contributed by atoms with E-state index in [1.807, 2.05) is 6.92 Å². The summed E-state index contributed by atoms with van der Waals surface area (Å²) >= 11 is 0. The van der Waals surface area contributed by atoms with Crippen molar-refractivity contribution in [3.05, 3.63) is 0 Å². The van der Waals surface area contributed by atoms with Crippen molar-refractivity contribution in [3.63, 3.8) is 0 Å². The van der Waals surface area contributed by atoms with Gasteiger partial charge in [0.1, 0.15) is 0 Å². The van der Waals surface area contributed by atoms with E-state index in [0.717, 1.165) is 25.7 Å². The zero-order chi connectivity index (χ0) is 12.9. The number of amides is 2. The standard InChI is InChI=1S/C12H23N3O2/c1-3-14-10(16)8-15(2)11(17)12(9-13)6-4-5-7-12/h3-9,13H2,1-2H3,(H,14,16). The lowest BCUT2D eigenvalue weighted by atomic mass is 9.85. The summed E-state index contributed by atoms with van der Waals surface area (Å²) in [5.41, 5.74) is 5.33. The molecule has 1 aliphatic carbocycles. The van der Waals surface area contributed by atoms with E-state index in [1.165, 1.54) is 4.90 Å². The molecule has 3 N–H and O–H groups in total. The van der Waals surface area contributed by atoms with Crippen molar-refractivity contribution >= 4 is 11.8 Å². The lowest BCUT2D eigenvalue weighted by Gasteiger charge is -2.30. The topological polar surface area (TPSA) is 75.4 Å². The Morgan fingerprint density at radius 2 is 1.94 bits per heavy atom. The molecule has 0 saturated heterocycles. The van der Waals surface area contributed by atoms with E-state index in [-0.39, 0.29) is 18.4 Å². The van der Waals surface area contributed by atoms with Gasteiger partial charge in [-0.2, -0.15) is 0 Å². The Morgan fingerprint density at radius 1 is 1.35 bits per heavy atom. The summed E-state index contributed by atoms with van der Waals surface area (Å²) in [6.45, 7) is 2.95. The Kier molecular flexibility index (Phi) is 4.93. The summed E-state index contributed by atoms with van der Waals surface area (Å²) in [5, 5.41) is 2.69. The Hall–Kier alpha value is -1.10. The molecule has 1 saturated carbocycles. The van der Waals surface area contributed by atoms with Crippen molar-refractivity contribution in [2.24, 2.45) is 11.1 Å². The van der Waals surface area contributed by atoms with Crippen LogP contribution in [0, 0.1) is 5.41 Å². The lowest BCUT2D eigenvalue weighted by Crippen LogP contribution is -2.48. The largest absolute Gasteiger partial charge is 0.355 e. The molecule has 0 spiro atoms. The van der Waals surface area contributed by atoms with Crippen LogP contribution in [0.1, 0.15) is 32.6 Å². The minimum absolute atomic E-state index is 0.0174. The number of nitrogens with zero attached hydrogens (tertiary/aromatic N) is 1. The fraction of sp³-hybridized carbons (Fsp3) is 0.833. The first-order chi connectivity index (χ1) is 8.05. The summed E-state index contributed by atoms with van der Waals surface area (Å²) in [7, 11) is 1.67. The highest BCUT2D eigenvalue weighted by atomic mass is 16.2. The number of likely N-dealkylation sites (N-methyl/N-ethyl adjacent to an activating group) is 2. The Bertz CT molecular complexity index is 285. The van der Waals surface area contributed by atoms with Gasteiger partial charge in [-0.3, -0.25) is 9.59 Å². The molecule has 0 unspecified atom stereocenters. The van der Waals surface area contributed by atoms with Crippen molar-refractivity contribution < 1.29 is 9.59 Å². The summed E-state index contributed by atoms with van der Waals surface area (Å²) in [6.07, 6.45) is 3.81. The summed E-state index contributed by atoms with van der Waals surface area (Å²) in [4.78, 5) is 25.2. The van der Waals surface area contributed by atoms with E-state index < -0.39 is 5.41 Å². The summed E-state index contributed by atoms with van der Waals surface area (Å²) in [5.74, 6) is -0.0997. The third kappa shape index (κ3) is 3.19. The molecule has 0 atom stereocenters. The van der Waals surface area contributed by atoms with Gasteiger partial charge in [0.05, 0.1) is 12.0 Å². The van der Waals surface area contributed by atoms with Crippen LogP contribution in [0.5, 0.6) is 0 Å². The molecule has 0 aromatic carbocycles. The quantitative estimate of drug-likeness (QED) is 0.717. The molecule has 0 bridgehead atoms. The van der Waals surface area contributed by atoms with Crippen LogP contribution < -0.4 is 11.1 Å². The molecular formula is C12H23N3O2. The predicted molar refractivity (Wildman–Crippen MR) is 66.3 cm³/mol. The summed E-state index contributed by atoms with van der Waals surface area (Å²) in [6, 6.07) is 0. The number of hydrogen-bond donors (Lipinski definition) is 2. The molecule has 0 aromatic rings. The SMILES string of the molecule is CCNC(=O)CN(C)C(=O)C1(CN)CCCC1. The summed E-state index contributed by atoms with van der Waals surface area (Å²) < 4.78 is 0.